The average Bonchev–Trinajstić information content (AvgIpc) is 3.06. The molecule has 1 saturated heterocycles. The van der Waals surface area contributed by atoms with Gasteiger partial charge >= 0.3 is 0 Å². The van der Waals surface area contributed by atoms with Crippen LogP contribution in [-0.4, -0.2) is 51.5 Å². The van der Waals surface area contributed by atoms with E-state index < -0.39 is 0 Å². The molecule has 9 heteroatoms. The summed E-state index contributed by atoms with van der Waals surface area (Å²) in [6.45, 7) is 3.17. The summed E-state index contributed by atoms with van der Waals surface area (Å²) in [4.78, 5) is 11.4. The van der Waals surface area contributed by atoms with E-state index in [1.807, 2.05) is 6.07 Å². The maximum atomic E-state index is 9.78. The summed E-state index contributed by atoms with van der Waals surface area (Å²) in [5, 5.41) is 21.2. The van der Waals surface area contributed by atoms with Crippen molar-refractivity contribution < 1.29 is 5.11 Å². The highest BCUT2D eigenvalue weighted by Crippen LogP contribution is 2.35. The fourth-order valence-corrected chi connectivity index (χ4v) is 3.37. The van der Waals surface area contributed by atoms with Crippen molar-refractivity contribution >= 4 is 40.2 Å². The SMILES string of the molecule is OCc1nc2c(-c3cccc(Cl)c3Cl)n[nH]c2nc1N1CCNCC1. The third-order valence-electron chi connectivity index (χ3n) is 4.22. The molecule has 1 aromatic carbocycles. The third-order valence-corrected chi connectivity index (χ3v) is 5.04. The number of fused-ring (bicyclic) bond motifs is 1. The maximum absolute atomic E-state index is 9.78. The Bertz CT molecular complexity index is 922. The molecule has 7 nitrogen and oxygen atoms in total. The second-order valence-corrected chi connectivity index (χ2v) is 6.55. The molecule has 0 atom stereocenters. The number of benzene rings is 1. The van der Waals surface area contributed by atoms with Crippen molar-refractivity contribution in [2.75, 3.05) is 31.1 Å². The molecule has 2 aromatic heterocycles. The van der Waals surface area contributed by atoms with Crippen LogP contribution in [0.25, 0.3) is 22.4 Å². The Morgan fingerprint density at radius 3 is 2.72 bits per heavy atom. The van der Waals surface area contributed by atoms with E-state index in [0.29, 0.717) is 44.0 Å². The molecule has 25 heavy (non-hydrogen) atoms. The minimum absolute atomic E-state index is 0.198. The van der Waals surface area contributed by atoms with Crippen LogP contribution in [0.1, 0.15) is 5.69 Å². The lowest BCUT2D eigenvalue weighted by Gasteiger charge is -2.29. The zero-order chi connectivity index (χ0) is 17.4. The fraction of sp³-hybridized carbons (Fsp3) is 0.312. The molecule has 0 bridgehead atoms. The van der Waals surface area contributed by atoms with Crippen LogP contribution in [0.2, 0.25) is 10.0 Å². The molecule has 0 spiro atoms. The van der Waals surface area contributed by atoms with Crippen molar-refractivity contribution in [1.29, 1.82) is 0 Å². The van der Waals surface area contributed by atoms with Crippen LogP contribution in [0.5, 0.6) is 0 Å². The lowest BCUT2D eigenvalue weighted by Crippen LogP contribution is -2.44. The number of rotatable bonds is 3. The fourth-order valence-electron chi connectivity index (χ4n) is 2.98. The van der Waals surface area contributed by atoms with Gasteiger partial charge in [-0.3, -0.25) is 5.10 Å². The largest absolute Gasteiger partial charge is 0.390 e. The predicted octanol–water partition coefficient (Wildman–Crippen LogP) is 2.23. The second kappa shape index (κ2) is 6.76. The molecule has 1 aliphatic heterocycles. The van der Waals surface area contributed by atoms with Crippen LogP contribution in [0.4, 0.5) is 5.82 Å². The Morgan fingerprint density at radius 1 is 1.16 bits per heavy atom. The molecule has 0 saturated carbocycles. The molecule has 0 radical (unpaired) electrons. The lowest BCUT2D eigenvalue weighted by atomic mass is 10.1. The van der Waals surface area contributed by atoms with Gasteiger partial charge < -0.3 is 15.3 Å². The molecule has 1 aliphatic rings. The molecule has 1 fully saturated rings. The molecule has 3 N–H and O–H groups in total. The molecular formula is C16H16Cl2N6O. The number of hydrogen-bond donors (Lipinski definition) is 3. The van der Waals surface area contributed by atoms with Gasteiger partial charge in [0.1, 0.15) is 16.9 Å². The summed E-state index contributed by atoms with van der Waals surface area (Å²) in [7, 11) is 0. The van der Waals surface area contributed by atoms with Crippen LogP contribution in [0.3, 0.4) is 0 Å². The standard InChI is InChI=1S/C16H16Cl2N6O/c17-10-3-1-2-9(12(10)18)13-14-15(23-22-13)21-16(11(8-25)20-14)24-6-4-19-5-7-24/h1-3,19,25H,4-8H2,(H,21,22,23). The lowest BCUT2D eigenvalue weighted by molar-refractivity contribution is 0.277. The molecular weight excluding hydrogens is 363 g/mol. The minimum atomic E-state index is -0.198. The van der Waals surface area contributed by atoms with Gasteiger partial charge in [0, 0.05) is 31.7 Å². The quantitative estimate of drug-likeness (QED) is 0.647. The highest BCUT2D eigenvalue weighted by Gasteiger charge is 2.21. The number of nitrogens with zero attached hydrogens (tertiary/aromatic N) is 4. The van der Waals surface area contributed by atoms with E-state index in [4.69, 9.17) is 23.2 Å². The number of aromatic amines is 1. The number of aliphatic hydroxyl groups excluding tert-OH is 1. The normalized spacial score (nSPS) is 15.1. The van der Waals surface area contributed by atoms with Gasteiger partial charge in [0.25, 0.3) is 0 Å². The van der Waals surface area contributed by atoms with Gasteiger partial charge in [-0.1, -0.05) is 35.3 Å². The molecule has 0 aliphatic carbocycles. The molecule has 0 amide bonds. The number of piperazine rings is 1. The summed E-state index contributed by atoms with van der Waals surface area (Å²) >= 11 is 12.4. The monoisotopic (exact) mass is 378 g/mol. The van der Waals surface area contributed by atoms with Gasteiger partial charge in [-0.05, 0) is 6.07 Å². The molecule has 4 rings (SSSR count). The van der Waals surface area contributed by atoms with Crippen molar-refractivity contribution in [3.05, 3.63) is 33.9 Å². The number of H-pyrrole nitrogens is 1. The van der Waals surface area contributed by atoms with Gasteiger partial charge in [-0.25, -0.2) is 9.97 Å². The summed E-state index contributed by atoms with van der Waals surface area (Å²) in [5.74, 6) is 0.684. The first kappa shape index (κ1) is 16.5. The summed E-state index contributed by atoms with van der Waals surface area (Å²) in [6, 6.07) is 5.35. The second-order valence-electron chi connectivity index (χ2n) is 5.76. The van der Waals surface area contributed by atoms with Gasteiger partial charge in [-0.2, -0.15) is 5.10 Å². The number of halogens is 2. The highest BCUT2D eigenvalue weighted by molar-refractivity contribution is 6.43. The molecule has 3 heterocycles. The van der Waals surface area contributed by atoms with Crippen molar-refractivity contribution in [3.8, 4) is 11.3 Å². The summed E-state index contributed by atoms with van der Waals surface area (Å²) < 4.78 is 0. The number of hydrogen-bond acceptors (Lipinski definition) is 6. The minimum Gasteiger partial charge on any atom is -0.390 e. The molecule has 0 unspecified atom stereocenters. The van der Waals surface area contributed by atoms with Gasteiger partial charge in [0.05, 0.1) is 16.7 Å². The number of aromatic nitrogens is 4. The van der Waals surface area contributed by atoms with E-state index in [1.165, 1.54) is 0 Å². The van der Waals surface area contributed by atoms with E-state index >= 15 is 0 Å². The van der Waals surface area contributed by atoms with E-state index in [0.717, 1.165) is 26.2 Å². The van der Waals surface area contributed by atoms with Crippen molar-refractivity contribution in [2.24, 2.45) is 0 Å². The predicted molar refractivity (Wildman–Crippen MR) is 98.1 cm³/mol. The smallest absolute Gasteiger partial charge is 0.177 e. The van der Waals surface area contributed by atoms with Crippen LogP contribution in [-0.2, 0) is 6.61 Å². The summed E-state index contributed by atoms with van der Waals surface area (Å²) in [6.07, 6.45) is 0. The van der Waals surface area contributed by atoms with Gasteiger partial charge in [0.15, 0.2) is 11.5 Å². The van der Waals surface area contributed by atoms with Crippen LogP contribution < -0.4 is 10.2 Å². The Balaban J connectivity index is 1.85. The summed E-state index contributed by atoms with van der Waals surface area (Å²) in [5.41, 5.74) is 2.88. The van der Waals surface area contributed by atoms with Crippen LogP contribution >= 0.6 is 23.2 Å². The molecule has 3 aromatic rings. The first-order valence-corrected chi connectivity index (χ1v) is 8.70. The average molecular weight is 379 g/mol. The van der Waals surface area contributed by atoms with Crippen molar-refractivity contribution in [2.45, 2.75) is 6.61 Å². The Morgan fingerprint density at radius 2 is 1.96 bits per heavy atom. The topological polar surface area (TPSA) is 90.0 Å². The first-order chi connectivity index (χ1) is 12.2. The zero-order valence-electron chi connectivity index (χ0n) is 13.3. The van der Waals surface area contributed by atoms with Gasteiger partial charge in [-0.15, -0.1) is 0 Å². The van der Waals surface area contributed by atoms with Crippen LogP contribution in [0, 0.1) is 0 Å². The van der Waals surface area contributed by atoms with Crippen molar-refractivity contribution in [1.82, 2.24) is 25.5 Å². The Labute approximate surface area is 154 Å². The maximum Gasteiger partial charge on any atom is 0.177 e. The van der Waals surface area contributed by atoms with E-state index in [-0.39, 0.29) is 6.61 Å². The highest BCUT2D eigenvalue weighted by atomic mass is 35.5. The number of aliphatic hydroxyl groups is 1. The number of nitrogens with one attached hydrogen (secondary N) is 2. The third kappa shape index (κ3) is 2.93. The van der Waals surface area contributed by atoms with E-state index in [9.17, 15) is 5.11 Å². The van der Waals surface area contributed by atoms with E-state index in [1.54, 1.807) is 12.1 Å². The Hall–Kier alpha value is -1.93. The van der Waals surface area contributed by atoms with Gasteiger partial charge in [0.2, 0.25) is 0 Å². The zero-order valence-corrected chi connectivity index (χ0v) is 14.8. The first-order valence-electron chi connectivity index (χ1n) is 7.95. The number of anilines is 1. The molecule has 130 valence electrons. The Kier molecular flexibility index (Phi) is 4.47. The van der Waals surface area contributed by atoms with E-state index in [2.05, 4.69) is 30.4 Å². The van der Waals surface area contributed by atoms with Crippen LogP contribution in [0.15, 0.2) is 18.2 Å². The van der Waals surface area contributed by atoms with Crippen molar-refractivity contribution in [3.63, 3.8) is 0 Å².